The number of benzene rings is 1. The summed E-state index contributed by atoms with van der Waals surface area (Å²) in [6.07, 6.45) is 2.28. The van der Waals surface area contributed by atoms with Gasteiger partial charge in [0.1, 0.15) is 0 Å². The maximum Gasteiger partial charge on any atom is 0.251 e. The highest BCUT2D eigenvalue weighted by molar-refractivity contribution is 6.30. The van der Waals surface area contributed by atoms with E-state index in [0.717, 1.165) is 12.8 Å². The van der Waals surface area contributed by atoms with Crippen molar-refractivity contribution in [3.63, 3.8) is 0 Å². The third-order valence-corrected chi connectivity index (χ3v) is 3.62. The van der Waals surface area contributed by atoms with Gasteiger partial charge in [0.25, 0.3) is 5.91 Å². The molecule has 2 rings (SSSR count). The molecule has 18 heavy (non-hydrogen) atoms. The van der Waals surface area contributed by atoms with Crippen LogP contribution in [-0.4, -0.2) is 18.0 Å². The maximum absolute atomic E-state index is 12.1. The van der Waals surface area contributed by atoms with Crippen LogP contribution in [0.25, 0.3) is 0 Å². The summed E-state index contributed by atoms with van der Waals surface area (Å²) in [6, 6.07) is 6.95. The second kappa shape index (κ2) is 5.91. The standard InChI is InChI=1S/C13H17ClN2O.ClH/c1-13(8-15,10-5-6-10)16-12(17)9-3-2-4-11(14)7-9;/h2-4,7,10H,5-6,8,15H2,1H3,(H,16,17);1H. The molecule has 0 radical (unpaired) electrons. The van der Waals surface area contributed by atoms with E-state index >= 15 is 0 Å². The molecule has 1 fully saturated rings. The average molecular weight is 289 g/mol. The Balaban J connectivity index is 0.00000162. The van der Waals surface area contributed by atoms with Crippen LogP contribution in [0.1, 0.15) is 30.1 Å². The molecule has 1 aliphatic rings. The highest BCUT2D eigenvalue weighted by atomic mass is 35.5. The quantitative estimate of drug-likeness (QED) is 0.895. The molecule has 3 N–H and O–H groups in total. The summed E-state index contributed by atoms with van der Waals surface area (Å²) in [7, 11) is 0. The molecule has 1 unspecified atom stereocenters. The van der Waals surface area contributed by atoms with Crippen molar-refractivity contribution < 1.29 is 4.79 Å². The molecule has 0 aliphatic heterocycles. The molecule has 1 saturated carbocycles. The van der Waals surface area contributed by atoms with Gasteiger partial charge in [0.05, 0.1) is 5.54 Å². The Morgan fingerprint density at radius 1 is 1.56 bits per heavy atom. The number of amides is 1. The Bertz CT molecular complexity index is 435. The lowest BCUT2D eigenvalue weighted by molar-refractivity contribution is 0.0898. The van der Waals surface area contributed by atoms with Crippen molar-refractivity contribution in [1.82, 2.24) is 5.32 Å². The van der Waals surface area contributed by atoms with Crippen molar-refractivity contribution in [2.45, 2.75) is 25.3 Å². The molecule has 1 amide bonds. The van der Waals surface area contributed by atoms with Gasteiger partial charge in [0.15, 0.2) is 0 Å². The lowest BCUT2D eigenvalue weighted by Gasteiger charge is -2.29. The van der Waals surface area contributed by atoms with Gasteiger partial charge in [0, 0.05) is 17.1 Å². The van der Waals surface area contributed by atoms with Gasteiger partial charge < -0.3 is 11.1 Å². The number of nitrogens with one attached hydrogen (secondary N) is 1. The van der Waals surface area contributed by atoms with E-state index in [2.05, 4.69) is 5.32 Å². The van der Waals surface area contributed by atoms with Crippen molar-refractivity contribution in [2.75, 3.05) is 6.54 Å². The molecular formula is C13H18Cl2N2O. The minimum Gasteiger partial charge on any atom is -0.345 e. The van der Waals surface area contributed by atoms with E-state index in [1.54, 1.807) is 24.3 Å². The van der Waals surface area contributed by atoms with E-state index in [0.29, 0.717) is 23.0 Å². The summed E-state index contributed by atoms with van der Waals surface area (Å²) >= 11 is 5.86. The summed E-state index contributed by atoms with van der Waals surface area (Å²) in [4.78, 5) is 12.1. The van der Waals surface area contributed by atoms with Crippen molar-refractivity contribution >= 4 is 29.9 Å². The molecular weight excluding hydrogens is 271 g/mol. The summed E-state index contributed by atoms with van der Waals surface area (Å²) in [5, 5.41) is 3.59. The molecule has 0 heterocycles. The van der Waals surface area contributed by atoms with Crippen LogP contribution in [-0.2, 0) is 0 Å². The summed E-state index contributed by atoms with van der Waals surface area (Å²) < 4.78 is 0. The van der Waals surface area contributed by atoms with Gasteiger partial charge in [-0.2, -0.15) is 0 Å². The fraction of sp³-hybridized carbons (Fsp3) is 0.462. The number of nitrogens with two attached hydrogens (primary N) is 1. The predicted molar refractivity (Wildman–Crippen MR) is 76.3 cm³/mol. The number of hydrogen-bond acceptors (Lipinski definition) is 2. The fourth-order valence-electron chi connectivity index (χ4n) is 2.00. The minimum atomic E-state index is -0.292. The zero-order valence-electron chi connectivity index (χ0n) is 10.3. The minimum absolute atomic E-state index is 0. The van der Waals surface area contributed by atoms with Crippen LogP contribution < -0.4 is 11.1 Å². The Morgan fingerprint density at radius 3 is 2.72 bits per heavy atom. The van der Waals surface area contributed by atoms with Gasteiger partial charge in [-0.05, 0) is 43.9 Å². The first-order chi connectivity index (χ1) is 8.05. The van der Waals surface area contributed by atoms with E-state index in [1.165, 1.54) is 0 Å². The van der Waals surface area contributed by atoms with Crippen LogP contribution in [0.15, 0.2) is 24.3 Å². The van der Waals surface area contributed by atoms with Gasteiger partial charge >= 0.3 is 0 Å². The average Bonchev–Trinajstić information content (AvgIpc) is 3.13. The molecule has 3 nitrogen and oxygen atoms in total. The first-order valence-electron chi connectivity index (χ1n) is 5.83. The number of halogens is 2. The lowest BCUT2D eigenvalue weighted by Crippen LogP contribution is -2.53. The van der Waals surface area contributed by atoms with E-state index in [1.807, 2.05) is 6.92 Å². The van der Waals surface area contributed by atoms with Gasteiger partial charge in [-0.3, -0.25) is 4.79 Å². The van der Waals surface area contributed by atoms with Gasteiger partial charge in [0.2, 0.25) is 0 Å². The van der Waals surface area contributed by atoms with Crippen molar-refractivity contribution in [1.29, 1.82) is 0 Å². The van der Waals surface area contributed by atoms with E-state index < -0.39 is 0 Å². The largest absolute Gasteiger partial charge is 0.345 e. The zero-order chi connectivity index (χ0) is 12.5. The van der Waals surface area contributed by atoms with Crippen LogP contribution in [0.4, 0.5) is 0 Å². The highest BCUT2D eigenvalue weighted by Gasteiger charge is 2.41. The maximum atomic E-state index is 12.1. The van der Waals surface area contributed by atoms with Crippen LogP contribution >= 0.6 is 24.0 Å². The van der Waals surface area contributed by atoms with Crippen molar-refractivity contribution in [3.05, 3.63) is 34.9 Å². The molecule has 0 aromatic heterocycles. The molecule has 1 aliphatic carbocycles. The zero-order valence-corrected chi connectivity index (χ0v) is 11.9. The van der Waals surface area contributed by atoms with Crippen LogP contribution in [0, 0.1) is 5.92 Å². The number of rotatable bonds is 4. The fourth-order valence-corrected chi connectivity index (χ4v) is 2.19. The van der Waals surface area contributed by atoms with Gasteiger partial charge in [-0.1, -0.05) is 17.7 Å². The second-order valence-corrected chi connectivity index (χ2v) is 5.30. The first kappa shape index (κ1) is 15.3. The van der Waals surface area contributed by atoms with Crippen LogP contribution in [0.2, 0.25) is 5.02 Å². The van der Waals surface area contributed by atoms with Crippen molar-refractivity contribution in [2.24, 2.45) is 11.7 Å². The molecule has 1 aromatic carbocycles. The molecule has 5 heteroatoms. The lowest BCUT2D eigenvalue weighted by atomic mass is 9.95. The SMILES string of the molecule is CC(CN)(NC(=O)c1cccc(Cl)c1)C1CC1.Cl. The van der Waals surface area contributed by atoms with Crippen LogP contribution in [0.5, 0.6) is 0 Å². The smallest absolute Gasteiger partial charge is 0.251 e. The van der Waals surface area contributed by atoms with E-state index in [-0.39, 0.29) is 23.9 Å². The Morgan fingerprint density at radius 2 is 2.22 bits per heavy atom. The monoisotopic (exact) mass is 288 g/mol. The molecule has 0 saturated heterocycles. The topological polar surface area (TPSA) is 55.1 Å². The number of carbonyl (C=O) groups is 1. The van der Waals surface area contributed by atoms with Crippen LogP contribution in [0.3, 0.4) is 0 Å². The van der Waals surface area contributed by atoms with Gasteiger partial charge in [-0.15, -0.1) is 12.4 Å². The normalized spacial score (nSPS) is 17.5. The Kier molecular flexibility index (Phi) is 5.02. The Hall–Kier alpha value is -0.770. The van der Waals surface area contributed by atoms with Crippen molar-refractivity contribution in [3.8, 4) is 0 Å². The third-order valence-electron chi connectivity index (χ3n) is 3.39. The molecule has 0 bridgehead atoms. The molecule has 100 valence electrons. The summed E-state index contributed by atoms with van der Waals surface area (Å²) in [5.74, 6) is 0.406. The molecule has 1 aromatic rings. The third kappa shape index (κ3) is 3.37. The molecule has 1 atom stereocenters. The summed E-state index contributed by atoms with van der Waals surface area (Å²) in [5.41, 5.74) is 6.05. The number of carbonyl (C=O) groups excluding carboxylic acids is 1. The second-order valence-electron chi connectivity index (χ2n) is 4.86. The summed E-state index contributed by atoms with van der Waals surface area (Å²) in [6.45, 7) is 2.47. The van der Waals surface area contributed by atoms with E-state index in [4.69, 9.17) is 17.3 Å². The van der Waals surface area contributed by atoms with E-state index in [9.17, 15) is 4.79 Å². The Labute approximate surface area is 118 Å². The molecule has 0 spiro atoms. The number of hydrogen-bond donors (Lipinski definition) is 2. The first-order valence-corrected chi connectivity index (χ1v) is 6.21. The predicted octanol–water partition coefficient (Wildman–Crippen LogP) is 2.62. The highest BCUT2D eigenvalue weighted by Crippen LogP contribution is 2.39. The van der Waals surface area contributed by atoms with Gasteiger partial charge in [-0.25, -0.2) is 0 Å².